The molecule has 2 nitrogen and oxygen atoms in total. The summed E-state index contributed by atoms with van der Waals surface area (Å²) < 4.78 is 39.5. The van der Waals surface area contributed by atoms with Crippen molar-refractivity contribution in [2.75, 3.05) is 6.54 Å². The van der Waals surface area contributed by atoms with Crippen molar-refractivity contribution in [1.82, 2.24) is 10.3 Å². The molecule has 0 saturated heterocycles. The van der Waals surface area contributed by atoms with Gasteiger partial charge in [-0.25, -0.2) is 18.2 Å². The number of benzene rings is 1. The van der Waals surface area contributed by atoms with Gasteiger partial charge in [0.15, 0.2) is 17.5 Å². The van der Waals surface area contributed by atoms with E-state index in [-0.39, 0.29) is 5.56 Å². The molecule has 0 aliphatic heterocycles. The van der Waals surface area contributed by atoms with E-state index in [1.807, 2.05) is 6.92 Å². The first-order chi connectivity index (χ1) is 8.63. The summed E-state index contributed by atoms with van der Waals surface area (Å²) >= 11 is 1.25. The Bertz CT molecular complexity index is 554. The maximum Gasteiger partial charge on any atom is 0.195 e. The number of nitrogens with one attached hydrogen (secondary N) is 1. The number of nitrogens with zero attached hydrogens (tertiary/aromatic N) is 1. The molecule has 0 unspecified atom stereocenters. The van der Waals surface area contributed by atoms with E-state index in [1.165, 1.54) is 17.4 Å². The van der Waals surface area contributed by atoms with Crippen molar-refractivity contribution in [2.45, 2.75) is 13.5 Å². The van der Waals surface area contributed by atoms with E-state index < -0.39 is 17.5 Å². The zero-order chi connectivity index (χ0) is 13.1. The van der Waals surface area contributed by atoms with Gasteiger partial charge < -0.3 is 5.32 Å². The summed E-state index contributed by atoms with van der Waals surface area (Å²) in [5, 5.41) is 3.45. The number of rotatable bonds is 4. The summed E-state index contributed by atoms with van der Waals surface area (Å²) in [6, 6.07) is 2.10. The van der Waals surface area contributed by atoms with Gasteiger partial charge in [-0.15, -0.1) is 11.3 Å². The maximum atomic E-state index is 13.5. The van der Waals surface area contributed by atoms with Crippen molar-refractivity contribution in [3.63, 3.8) is 0 Å². The summed E-state index contributed by atoms with van der Waals surface area (Å²) in [6.07, 6.45) is 1.60. The predicted molar refractivity (Wildman–Crippen MR) is 64.8 cm³/mol. The van der Waals surface area contributed by atoms with Gasteiger partial charge in [-0.2, -0.15) is 0 Å². The van der Waals surface area contributed by atoms with Crippen molar-refractivity contribution in [3.05, 3.63) is 40.7 Å². The average Bonchev–Trinajstić information content (AvgIpc) is 2.82. The number of hydrogen-bond donors (Lipinski definition) is 1. The lowest BCUT2D eigenvalue weighted by Crippen LogP contribution is -2.10. The number of halogens is 3. The molecule has 6 heteroatoms. The van der Waals surface area contributed by atoms with Gasteiger partial charge in [-0.3, -0.25) is 0 Å². The topological polar surface area (TPSA) is 24.9 Å². The minimum Gasteiger partial charge on any atom is -0.312 e. The van der Waals surface area contributed by atoms with Crippen molar-refractivity contribution in [3.8, 4) is 10.6 Å². The first-order valence-electron chi connectivity index (χ1n) is 5.42. The van der Waals surface area contributed by atoms with E-state index in [0.717, 1.165) is 17.5 Å². The predicted octanol–water partition coefficient (Wildman–Crippen LogP) is 3.34. The fourth-order valence-corrected chi connectivity index (χ4v) is 2.35. The second-order valence-electron chi connectivity index (χ2n) is 3.63. The van der Waals surface area contributed by atoms with E-state index in [9.17, 15) is 13.2 Å². The molecule has 0 aliphatic carbocycles. The van der Waals surface area contributed by atoms with Crippen molar-refractivity contribution < 1.29 is 13.2 Å². The van der Waals surface area contributed by atoms with Crippen LogP contribution in [-0.4, -0.2) is 11.5 Å². The van der Waals surface area contributed by atoms with E-state index in [1.54, 1.807) is 6.20 Å². The third-order valence-corrected chi connectivity index (χ3v) is 3.40. The summed E-state index contributed by atoms with van der Waals surface area (Å²) in [4.78, 5) is 4.93. The highest BCUT2D eigenvalue weighted by molar-refractivity contribution is 7.15. The van der Waals surface area contributed by atoms with Crippen LogP contribution in [0.1, 0.15) is 11.8 Å². The average molecular weight is 272 g/mol. The fraction of sp³-hybridized carbons (Fsp3) is 0.250. The van der Waals surface area contributed by atoms with Crippen LogP contribution in [0, 0.1) is 17.5 Å². The van der Waals surface area contributed by atoms with Gasteiger partial charge in [0.25, 0.3) is 0 Å². The number of thiazole rings is 1. The molecule has 1 heterocycles. The summed E-state index contributed by atoms with van der Waals surface area (Å²) in [7, 11) is 0. The molecular formula is C12H11F3N2S. The SMILES string of the molecule is CCNCc1cnc(-c2ccc(F)c(F)c2F)s1. The zero-order valence-corrected chi connectivity index (χ0v) is 10.5. The van der Waals surface area contributed by atoms with Crippen LogP contribution in [-0.2, 0) is 6.54 Å². The van der Waals surface area contributed by atoms with E-state index in [4.69, 9.17) is 0 Å². The Kier molecular flexibility index (Phi) is 3.98. The second-order valence-corrected chi connectivity index (χ2v) is 4.75. The van der Waals surface area contributed by atoms with Gasteiger partial charge in [0.1, 0.15) is 5.01 Å². The third kappa shape index (κ3) is 2.54. The van der Waals surface area contributed by atoms with Crippen LogP contribution in [0.25, 0.3) is 10.6 Å². The lowest BCUT2D eigenvalue weighted by atomic mass is 10.2. The first-order valence-corrected chi connectivity index (χ1v) is 6.24. The van der Waals surface area contributed by atoms with Gasteiger partial charge in [-0.1, -0.05) is 6.92 Å². The molecule has 1 aromatic heterocycles. The van der Waals surface area contributed by atoms with Crippen LogP contribution in [0.15, 0.2) is 18.3 Å². The quantitative estimate of drug-likeness (QED) is 0.863. The first kappa shape index (κ1) is 13.0. The van der Waals surface area contributed by atoms with E-state index in [2.05, 4.69) is 10.3 Å². The van der Waals surface area contributed by atoms with Crippen LogP contribution in [0.3, 0.4) is 0 Å². The molecule has 0 aliphatic rings. The minimum absolute atomic E-state index is 0.0124. The molecule has 0 bridgehead atoms. The summed E-state index contributed by atoms with van der Waals surface area (Å²) in [5.74, 6) is -3.85. The van der Waals surface area contributed by atoms with Gasteiger partial charge in [0, 0.05) is 23.2 Å². The molecule has 18 heavy (non-hydrogen) atoms. The van der Waals surface area contributed by atoms with E-state index in [0.29, 0.717) is 11.6 Å². The van der Waals surface area contributed by atoms with Crippen LogP contribution >= 0.6 is 11.3 Å². The molecule has 0 atom stereocenters. The van der Waals surface area contributed by atoms with Crippen LogP contribution in [0.5, 0.6) is 0 Å². The Labute approximate surface area is 106 Å². The lowest BCUT2D eigenvalue weighted by molar-refractivity contribution is 0.449. The van der Waals surface area contributed by atoms with Crippen molar-refractivity contribution in [2.24, 2.45) is 0 Å². The molecule has 0 spiro atoms. The summed E-state index contributed by atoms with van der Waals surface area (Å²) in [6.45, 7) is 3.41. The molecule has 0 radical (unpaired) electrons. The molecule has 0 saturated carbocycles. The molecule has 1 N–H and O–H groups in total. The van der Waals surface area contributed by atoms with Crippen LogP contribution in [0.4, 0.5) is 13.2 Å². The lowest BCUT2D eigenvalue weighted by Gasteiger charge is -2.01. The van der Waals surface area contributed by atoms with Crippen LogP contribution < -0.4 is 5.32 Å². The highest BCUT2D eigenvalue weighted by Gasteiger charge is 2.16. The Morgan fingerprint density at radius 2 is 2.00 bits per heavy atom. The summed E-state index contributed by atoms with van der Waals surface area (Å²) in [5.41, 5.74) is -0.0124. The van der Waals surface area contributed by atoms with Gasteiger partial charge >= 0.3 is 0 Å². The molecule has 1 aromatic carbocycles. The van der Waals surface area contributed by atoms with Crippen LogP contribution in [0.2, 0.25) is 0 Å². The normalized spacial score (nSPS) is 10.9. The van der Waals surface area contributed by atoms with Gasteiger partial charge in [0.05, 0.1) is 0 Å². The zero-order valence-electron chi connectivity index (χ0n) is 9.64. The third-order valence-electron chi connectivity index (χ3n) is 2.37. The molecule has 2 rings (SSSR count). The Balaban J connectivity index is 2.31. The number of hydrogen-bond acceptors (Lipinski definition) is 3. The van der Waals surface area contributed by atoms with E-state index >= 15 is 0 Å². The van der Waals surface area contributed by atoms with Gasteiger partial charge in [-0.05, 0) is 18.7 Å². The standard InChI is InChI=1S/C12H11F3N2S/c1-2-16-5-7-6-17-12(18-7)8-3-4-9(13)11(15)10(8)14/h3-4,6,16H,2,5H2,1H3. The molecule has 96 valence electrons. The molecular weight excluding hydrogens is 261 g/mol. The van der Waals surface area contributed by atoms with Gasteiger partial charge in [0.2, 0.25) is 0 Å². The Hall–Kier alpha value is -1.40. The Morgan fingerprint density at radius 3 is 2.72 bits per heavy atom. The maximum absolute atomic E-state index is 13.5. The molecule has 0 fully saturated rings. The number of aromatic nitrogens is 1. The fourth-order valence-electron chi connectivity index (χ4n) is 1.45. The smallest absolute Gasteiger partial charge is 0.195 e. The van der Waals surface area contributed by atoms with Crippen molar-refractivity contribution >= 4 is 11.3 Å². The monoisotopic (exact) mass is 272 g/mol. The largest absolute Gasteiger partial charge is 0.312 e. The molecule has 0 amide bonds. The van der Waals surface area contributed by atoms with Crippen molar-refractivity contribution in [1.29, 1.82) is 0 Å². The minimum atomic E-state index is -1.46. The second kappa shape index (κ2) is 5.49. The highest BCUT2D eigenvalue weighted by atomic mass is 32.1. The molecule has 2 aromatic rings. The Morgan fingerprint density at radius 1 is 1.22 bits per heavy atom. The highest BCUT2D eigenvalue weighted by Crippen LogP contribution is 2.29.